The molecule has 2 amide bonds. The van der Waals surface area contributed by atoms with E-state index in [0.717, 1.165) is 17.4 Å². The molecule has 2 aromatic heterocycles. The lowest BCUT2D eigenvalue weighted by molar-refractivity contribution is -0.128. The van der Waals surface area contributed by atoms with Gasteiger partial charge in [-0.3, -0.25) is 19.2 Å². The Kier molecular flexibility index (Phi) is 9.96. The van der Waals surface area contributed by atoms with E-state index >= 15 is 0 Å². The lowest BCUT2D eigenvalue weighted by Crippen LogP contribution is -2.53. The molecule has 4 rings (SSSR count). The third-order valence-electron chi connectivity index (χ3n) is 6.24. The van der Waals surface area contributed by atoms with Gasteiger partial charge in [-0.05, 0) is 48.6 Å². The summed E-state index contributed by atoms with van der Waals surface area (Å²) in [6, 6.07) is 19.1. The molecule has 0 radical (unpaired) electrons. The second kappa shape index (κ2) is 13.8. The quantitative estimate of drug-likeness (QED) is 0.242. The number of thioether (sulfide) groups is 1. The molecule has 9 heteroatoms. The summed E-state index contributed by atoms with van der Waals surface area (Å²) in [5.74, 6) is 0.0724. The molecule has 208 valence electrons. The van der Waals surface area contributed by atoms with Crippen molar-refractivity contribution in [2.24, 2.45) is 5.92 Å². The number of rotatable bonds is 13. The Balaban J connectivity index is 1.49. The van der Waals surface area contributed by atoms with Crippen molar-refractivity contribution >= 4 is 40.3 Å². The SMILES string of the molecule is CC(C)C[C@H](NC(=O)c1cc(=O)c2ccccc2o1)C(=O)N[C@@H](Cc1ccccc1)C(=O)CSCc1ccco1. The molecule has 0 aliphatic carbocycles. The maximum atomic E-state index is 13.5. The summed E-state index contributed by atoms with van der Waals surface area (Å²) in [5.41, 5.74) is 0.836. The van der Waals surface area contributed by atoms with E-state index < -0.39 is 23.9 Å². The number of carbonyl (C=O) groups excluding carboxylic acids is 3. The number of nitrogens with one attached hydrogen (secondary N) is 2. The minimum absolute atomic E-state index is 0.0618. The summed E-state index contributed by atoms with van der Waals surface area (Å²) >= 11 is 1.41. The van der Waals surface area contributed by atoms with Gasteiger partial charge in [0.25, 0.3) is 5.91 Å². The molecule has 0 spiro atoms. The molecule has 4 aromatic rings. The fourth-order valence-corrected chi connectivity index (χ4v) is 5.13. The summed E-state index contributed by atoms with van der Waals surface area (Å²) < 4.78 is 11.0. The van der Waals surface area contributed by atoms with Gasteiger partial charge in [0.05, 0.1) is 29.2 Å². The lowest BCUT2D eigenvalue weighted by Gasteiger charge is -2.24. The predicted octanol–water partition coefficient (Wildman–Crippen LogP) is 4.76. The Hall–Kier alpha value is -4.11. The van der Waals surface area contributed by atoms with E-state index in [4.69, 9.17) is 8.83 Å². The Morgan fingerprint density at radius 1 is 0.900 bits per heavy atom. The number of fused-ring (bicyclic) bond motifs is 1. The Labute approximate surface area is 236 Å². The van der Waals surface area contributed by atoms with Gasteiger partial charge in [0.15, 0.2) is 17.0 Å². The largest absolute Gasteiger partial charge is 0.468 e. The predicted molar refractivity (Wildman–Crippen MR) is 155 cm³/mol. The van der Waals surface area contributed by atoms with Gasteiger partial charge in [0, 0.05) is 6.07 Å². The summed E-state index contributed by atoms with van der Waals surface area (Å²) in [6.07, 6.45) is 2.23. The van der Waals surface area contributed by atoms with Crippen LogP contribution in [0.15, 0.2) is 92.7 Å². The summed E-state index contributed by atoms with van der Waals surface area (Å²) in [5, 5.41) is 5.96. The average Bonchev–Trinajstić information content (AvgIpc) is 3.46. The van der Waals surface area contributed by atoms with Gasteiger partial charge in [-0.1, -0.05) is 56.3 Å². The molecule has 8 nitrogen and oxygen atoms in total. The van der Waals surface area contributed by atoms with Crippen LogP contribution in [0.25, 0.3) is 11.0 Å². The summed E-state index contributed by atoms with van der Waals surface area (Å²) in [4.78, 5) is 52.3. The summed E-state index contributed by atoms with van der Waals surface area (Å²) in [6.45, 7) is 3.86. The highest BCUT2D eigenvalue weighted by atomic mass is 32.2. The van der Waals surface area contributed by atoms with Crippen molar-refractivity contribution in [3.8, 4) is 0 Å². The molecule has 40 heavy (non-hydrogen) atoms. The van der Waals surface area contributed by atoms with Gasteiger partial charge in [0.2, 0.25) is 5.91 Å². The fourth-order valence-electron chi connectivity index (χ4n) is 4.26. The van der Waals surface area contributed by atoms with Crippen molar-refractivity contribution in [3.05, 3.63) is 106 Å². The number of hydrogen-bond donors (Lipinski definition) is 2. The van der Waals surface area contributed by atoms with Crippen molar-refractivity contribution < 1.29 is 23.2 Å². The second-order valence-corrected chi connectivity index (χ2v) is 10.9. The first-order chi connectivity index (χ1) is 19.3. The Bertz CT molecular complexity index is 1500. The zero-order valence-electron chi connectivity index (χ0n) is 22.4. The average molecular weight is 561 g/mol. The second-order valence-electron chi connectivity index (χ2n) is 9.92. The van der Waals surface area contributed by atoms with Crippen molar-refractivity contribution in [1.29, 1.82) is 0 Å². The molecule has 0 saturated heterocycles. The van der Waals surface area contributed by atoms with E-state index in [1.54, 1.807) is 36.6 Å². The van der Waals surface area contributed by atoms with Crippen LogP contribution in [0.1, 0.15) is 42.1 Å². The number of furan rings is 1. The highest BCUT2D eigenvalue weighted by molar-refractivity contribution is 7.99. The van der Waals surface area contributed by atoms with Gasteiger partial charge < -0.3 is 19.5 Å². The van der Waals surface area contributed by atoms with Crippen LogP contribution in [0, 0.1) is 5.92 Å². The Morgan fingerprint density at radius 2 is 1.65 bits per heavy atom. The number of ketones is 1. The van der Waals surface area contributed by atoms with Crippen molar-refractivity contribution in [2.45, 2.75) is 44.5 Å². The zero-order valence-corrected chi connectivity index (χ0v) is 23.2. The number of benzene rings is 2. The minimum Gasteiger partial charge on any atom is -0.468 e. The topological polar surface area (TPSA) is 119 Å². The molecule has 2 N–H and O–H groups in total. The van der Waals surface area contributed by atoms with E-state index in [-0.39, 0.29) is 34.2 Å². The monoisotopic (exact) mass is 560 g/mol. The molecule has 0 saturated carbocycles. The van der Waals surface area contributed by atoms with Gasteiger partial charge >= 0.3 is 0 Å². The van der Waals surface area contributed by atoms with Crippen molar-refractivity contribution in [3.63, 3.8) is 0 Å². The standard InChI is InChI=1S/C31H32N2O6S/c1-20(2)15-25(33-31(37)29-17-26(34)23-12-6-7-13-28(23)39-29)30(36)32-24(16-21-9-4-3-5-10-21)27(35)19-40-18-22-11-8-14-38-22/h3-14,17,20,24-25H,15-16,18-19H2,1-2H3,(H,32,36)(H,33,37)/t24-,25-/m0/s1. The van der Waals surface area contributed by atoms with E-state index in [0.29, 0.717) is 24.0 Å². The minimum atomic E-state index is -0.939. The Morgan fingerprint density at radius 3 is 2.38 bits per heavy atom. The van der Waals surface area contributed by atoms with E-state index in [1.807, 2.05) is 50.2 Å². The molecule has 0 aliphatic rings. The molecule has 0 bridgehead atoms. The number of amides is 2. The first-order valence-corrected chi connectivity index (χ1v) is 14.3. The highest BCUT2D eigenvalue weighted by Crippen LogP contribution is 2.16. The molecular weight excluding hydrogens is 528 g/mol. The number of carbonyl (C=O) groups is 3. The van der Waals surface area contributed by atoms with Crippen LogP contribution in [0.5, 0.6) is 0 Å². The number of para-hydroxylation sites is 1. The van der Waals surface area contributed by atoms with Crippen LogP contribution in [0.4, 0.5) is 0 Å². The van der Waals surface area contributed by atoms with Crippen LogP contribution < -0.4 is 16.1 Å². The van der Waals surface area contributed by atoms with Gasteiger partial charge in [0.1, 0.15) is 17.4 Å². The van der Waals surface area contributed by atoms with Crippen LogP contribution in [-0.2, 0) is 21.8 Å². The summed E-state index contributed by atoms with van der Waals surface area (Å²) in [7, 11) is 0. The molecule has 0 unspecified atom stereocenters. The van der Waals surface area contributed by atoms with Crippen LogP contribution in [0.2, 0.25) is 0 Å². The third-order valence-corrected chi connectivity index (χ3v) is 7.22. The number of Topliss-reactive ketones (excluding diaryl/α,β-unsaturated/α-hetero) is 1. The van der Waals surface area contributed by atoms with Crippen LogP contribution in [-0.4, -0.2) is 35.4 Å². The lowest BCUT2D eigenvalue weighted by atomic mass is 10.00. The van der Waals surface area contributed by atoms with Crippen LogP contribution in [0.3, 0.4) is 0 Å². The molecular formula is C31H32N2O6S. The molecule has 2 aromatic carbocycles. The molecule has 0 aliphatic heterocycles. The highest BCUT2D eigenvalue weighted by Gasteiger charge is 2.28. The smallest absolute Gasteiger partial charge is 0.287 e. The maximum Gasteiger partial charge on any atom is 0.287 e. The van der Waals surface area contributed by atoms with Crippen molar-refractivity contribution in [1.82, 2.24) is 10.6 Å². The third kappa shape index (κ3) is 7.95. The zero-order chi connectivity index (χ0) is 28.5. The first-order valence-electron chi connectivity index (χ1n) is 13.1. The van der Waals surface area contributed by atoms with Crippen LogP contribution >= 0.6 is 11.8 Å². The van der Waals surface area contributed by atoms with Gasteiger partial charge in [-0.2, -0.15) is 0 Å². The molecule has 0 fully saturated rings. The number of hydrogen-bond acceptors (Lipinski definition) is 7. The van der Waals surface area contributed by atoms with Gasteiger partial charge in [-0.15, -0.1) is 11.8 Å². The fraction of sp³-hybridized carbons (Fsp3) is 0.290. The van der Waals surface area contributed by atoms with Crippen molar-refractivity contribution in [2.75, 3.05) is 5.75 Å². The normalized spacial score (nSPS) is 12.7. The maximum absolute atomic E-state index is 13.5. The molecule has 2 heterocycles. The van der Waals surface area contributed by atoms with E-state index in [9.17, 15) is 19.2 Å². The van der Waals surface area contributed by atoms with Gasteiger partial charge in [-0.25, -0.2) is 0 Å². The first kappa shape index (κ1) is 28.9. The molecule has 2 atom stereocenters. The van der Waals surface area contributed by atoms with E-state index in [2.05, 4.69) is 10.6 Å². The van der Waals surface area contributed by atoms with E-state index in [1.165, 1.54) is 11.8 Å².